The molecule has 3 rings (SSSR count). The van der Waals surface area contributed by atoms with Gasteiger partial charge in [0.2, 0.25) is 0 Å². The molecular formula is C17H19FN2O4. The minimum atomic E-state index is -0.833. The molecule has 128 valence electrons. The predicted octanol–water partition coefficient (Wildman–Crippen LogP) is 2.29. The molecule has 3 amide bonds. The second-order valence-electron chi connectivity index (χ2n) is 6.29. The zero-order valence-electron chi connectivity index (χ0n) is 13.4. The summed E-state index contributed by atoms with van der Waals surface area (Å²) in [4.78, 5) is 37.5. The Morgan fingerprint density at radius 3 is 2.54 bits per heavy atom. The monoisotopic (exact) mass is 334 g/mol. The van der Waals surface area contributed by atoms with E-state index >= 15 is 0 Å². The van der Waals surface area contributed by atoms with Crippen LogP contribution in [0.3, 0.4) is 0 Å². The number of halogens is 1. The van der Waals surface area contributed by atoms with Crippen molar-refractivity contribution >= 4 is 17.9 Å². The number of carbonyl (C=O) groups excluding carboxylic acids is 3. The Kier molecular flexibility index (Phi) is 4.26. The van der Waals surface area contributed by atoms with E-state index in [1.54, 1.807) is 6.92 Å². The van der Waals surface area contributed by atoms with E-state index in [-0.39, 0.29) is 11.7 Å². The molecule has 0 unspecified atom stereocenters. The Labute approximate surface area is 139 Å². The van der Waals surface area contributed by atoms with E-state index in [1.165, 1.54) is 24.3 Å². The van der Waals surface area contributed by atoms with Crippen LogP contribution in [0.4, 0.5) is 9.18 Å². The molecule has 0 radical (unpaired) electrons. The molecule has 1 aliphatic heterocycles. The number of esters is 1. The molecule has 1 atom stereocenters. The fraction of sp³-hybridized carbons (Fsp3) is 0.471. The largest absolute Gasteiger partial charge is 0.456 e. The smallest absolute Gasteiger partial charge is 0.326 e. The van der Waals surface area contributed by atoms with Crippen molar-refractivity contribution in [3.63, 3.8) is 0 Å². The third-order valence-corrected chi connectivity index (χ3v) is 4.64. The lowest BCUT2D eigenvalue weighted by atomic mass is 9.98. The first-order chi connectivity index (χ1) is 11.4. The molecule has 1 N–H and O–H groups in total. The molecule has 7 heteroatoms. The SMILES string of the molecule is C[C@H](OC(=O)CN1C(=O)NC2(CCCC2)C1=O)c1ccc(F)cc1. The average Bonchev–Trinajstić information content (AvgIpc) is 3.09. The Hall–Kier alpha value is -2.44. The zero-order valence-corrected chi connectivity index (χ0v) is 13.4. The van der Waals surface area contributed by atoms with E-state index in [1.807, 2.05) is 0 Å². The first kappa shape index (κ1) is 16.4. The summed E-state index contributed by atoms with van der Waals surface area (Å²) in [5, 5.41) is 2.71. The van der Waals surface area contributed by atoms with Crippen molar-refractivity contribution in [2.24, 2.45) is 0 Å². The molecule has 2 fully saturated rings. The Bertz CT molecular complexity index is 668. The maximum absolute atomic E-state index is 12.9. The van der Waals surface area contributed by atoms with Crippen molar-refractivity contribution in [1.29, 1.82) is 0 Å². The molecule has 24 heavy (non-hydrogen) atoms. The maximum Gasteiger partial charge on any atom is 0.326 e. The Balaban J connectivity index is 1.61. The van der Waals surface area contributed by atoms with Crippen LogP contribution in [-0.2, 0) is 14.3 Å². The van der Waals surface area contributed by atoms with Crippen LogP contribution in [0.1, 0.15) is 44.3 Å². The van der Waals surface area contributed by atoms with E-state index in [4.69, 9.17) is 4.74 Å². The van der Waals surface area contributed by atoms with Crippen molar-refractivity contribution in [3.8, 4) is 0 Å². The summed E-state index contributed by atoms with van der Waals surface area (Å²) in [6.45, 7) is 1.23. The lowest BCUT2D eigenvalue weighted by Gasteiger charge is -2.20. The summed E-state index contributed by atoms with van der Waals surface area (Å²) in [5.74, 6) is -1.40. The number of hydrogen-bond donors (Lipinski definition) is 1. The zero-order chi connectivity index (χ0) is 17.3. The van der Waals surface area contributed by atoms with Gasteiger partial charge >= 0.3 is 12.0 Å². The second kappa shape index (κ2) is 6.22. The molecule has 2 aliphatic rings. The van der Waals surface area contributed by atoms with Crippen LogP contribution in [0.2, 0.25) is 0 Å². The highest BCUT2D eigenvalue weighted by Crippen LogP contribution is 2.35. The number of hydrogen-bond acceptors (Lipinski definition) is 4. The van der Waals surface area contributed by atoms with Crippen molar-refractivity contribution < 1.29 is 23.5 Å². The highest BCUT2D eigenvalue weighted by atomic mass is 19.1. The summed E-state index contributed by atoms with van der Waals surface area (Å²) < 4.78 is 18.2. The van der Waals surface area contributed by atoms with Crippen LogP contribution in [0.5, 0.6) is 0 Å². The van der Waals surface area contributed by atoms with Gasteiger partial charge < -0.3 is 10.1 Å². The summed E-state index contributed by atoms with van der Waals surface area (Å²) in [5.41, 5.74) is -0.200. The van der Waals surface area contributed by atoms with Crippen LogP contribution in [0, 0.1) is 5.82 Å². The van der Waals surface area contributed by atoms with Gasteiger partial charge in [0.15, 0.2) is 0 Å². The van der Waals surface area contributed by atoms with Gasteiger partial charge in [-0.15, -0.1) is 0 Å². The number of nitrogens with one attached hydrogen (secondary N) is 1. The molecule has 0 aromatic heterocycles. The number of carbonyl (C=O) groups is 3. The minimum Gasteiger partial charge on any atom is -0.456 e. The van der Waals surface area contributed by atoms with E-state index in [0.717, 1.165) is 17.7 Å². The van der Waals surface area contributed by atoms with Gasteiger partial charge in [-0.3, -0.25) is 14.5 Å². The predicted molar refractivity (Wildman–Crippen MR) is 82.4 cm³/mol. The van der Waals surface area contributed by atoms with E-state index in [0.29, 0.717) is 18.4 Å². The quantitative estimate of drug-likeness (QED) is 0.677. The Morgan fingerprint density at radius 2 is 1.92 bits per heavy atom. The number of nitrogens with zero attached hydrogens (tertiary/aromatic N) is 1. The molecule has 1 saturated heterocycles. The Morgan fingerprint density at radius 1 is 1.29 bits per heavy atom. The van der Waals surface area contributed by atoms with Gasteiger partial charge in [-0.1, -0.05) is 25.0 Å². The summed E-state index contributed by atoms with van der Waals surface area (Å²) in [6.07, 6.45) is 2.38. The van der Waals surface area contributed by atoms with Crippen molar-refractivity contribution in [3.05, 3.63) is 35.6 Å². The van der Waals surface area contributed by atoms with Crippen LogP contribution in [0.25, 0.3) is 0 Å². The first-order valence-electron chi connectivity index (χ1n) is 8.00. The summed E-state index contributed by atoms with van der Waals surface area (Å²) in [7, 11) is 0. The van der Waals surface area contributed by atoms with Gasteiger partial charge in [-0.2, -0.15) is 0 Å². The van der Waals surface area contributed by atoms with Crippen LogP contribution in [0.15, 0.2) is 24.3 Å². The number of rotatable bonds is 4. The van der Waals surface area contributed by atoms with Gasteiger partial charge in [-0.25, -0.2) is 9.18 Å². The maximum atomic E-state index is 12.9. The molecule has 1 heterocycles. The van der Waals surface area contributed by atoms with Crippen LogP contribution in [-0.4, -0.2) is 34.9 Å². The second-order valence-corrected chi connectivity index (χ2v) is 6.29. The molecule has 0 bridgehead atoms. The molecule has 1 aromatic rings. The molecule has 1 saturated carbocycles. The minimum absolute atomic E-state index is 0.351. The number of imide groups is 1. The van der Waals surface area contributed by atoms with Gasteiger partial charge in [0.25, 0.3) is 5.91 Å². The fourth-order valence-electron chi connectivity index (χ4n) is 3.30. The highest BCUT2D eigenvalue weighted by molar-refractivity contribution is 6.08. The van der Waals surface area contributed by atoms with Crippen molar-refractivity contribution in [2.75, 3.05) is 6.54 Å². The number of urea groups is 1. The first-order valence-corrected chi connectivity index (χ1v) is 8.00. The van der Waals surface area contributed by atoms with E-state index in [9.17, 15) is 18.8 Å². The van der Waals surface area contributed by atoms with Crippen molar-refractivity contribution in [1.82, 2.24) is 10.2 Å². The van der Waals surface area contributed by atoms with Crippen LogP contribution < -0.4 is 5.32 Å². The normalized spacial score (nSPS) is 20.3. The topological polar surface area (TPSA) is 75.7 Å². The highest BCUT2D eigenvalue weighted by Gasteiger charge is 2.52. The third-order valence-electron chi connectivity index (χ3n) is 4.64. The van der Waals surface area contributed by atoms with Gasteiger partial charge in [0.1, 0.15) is 24.0 Å². The average molecular weight is 334 g/mol. The summed E-state index contributed by atoms with van der Waals surface area (Å²) in [6, 6.07) is 5.05. The molecule has 1 aliphatic carbocycles. The molecule has 1 spiro atoms. The lowest BCUT2D eigenvalue weighted by molar-refractivity contribution is -0.152. The van der Waals surface area contributed by atoms with E-state index in [2.05, 4.69) is 5.32 Å². The molecular weight excluding hydrogens is 315 g/mol. The standard InChI is InChI=1S/C17H19FN2O4/c1-11(12-4-6-13(18)7-5-12)24-14(21)10-20-15(22)17(19-16(20)23)8-2-3-9-17/h4-7,11H,2-3,8-10H2,1H3,(H,19,23)/t11-/m0/s1. The summed E-state index contributed by atoms with van der Waals surface area (Å²) >= 11 is 0. The van der Waals surface area contributed by atoms with Gasteiger partial charge in [0.05, 0.1) is 0 Å². The van der Waals surface area contributed by atoms with Crippen molar-refractivity contribution in [2.45, 2.75) is 44.2 Å². The third kappa shape index (κ3) is 2.98. The lowest BCUT2D eigenvalue weighted by Crippen LogP contribution is -2.44. The number of ether oxygens (including phenoxy) is 1. The van der Waals surface area contributed by atoms with E-state index < -0.39 is 30.2 Å². The number of amides is 3. The fourth-order valence-corrected chi connectivity index (χ4v) is 3.30. The van der Waals surface area contributed by atoms with Gasteiger partial charge in [-0.05, 0) is 37.5 Å². The molecule has 1 aromatic carbocycles. The molecule has 6 nitrogen and oxygen atoms in total. The van der Waals surface area contributed by atoms with Crippen LogP contribution >= 0.6 is 0 Å². The van der Waals surface area contributed by atoms with Gasteiger partial charge in [0, 0.05) is 0 Å². The number of benzene rings is 1.